The lowest BCUT2D eigenvalue weighted by molar-refractivity contribution is -0.117. The standard InChI is InChI=1S/C22H26N4O5S2/c1-2-3-8-19(24-21-18-7-4-5-9-20(18)33(30,31)25-21)22(27)23-16-10-12-17(13-11-16)26-14-6-15-32(26,28)29/h4-5,7,9-13,19H,2-3,6,8,14-15H2,1H3,(H,23,27)(H,24,25)/t19-/m1/s1. The minimum absolute atomic E-state index is 0.137. The van der Waals surface area contributed by atoms with Crippen molar-refractivity contribution >= 4 is 43.2 Å². The highest BCUT2D eigenvalue weighted by atomic mass is 32.2. The Bertz CT molecular complexity index is 1290. The zero-order chi connectivity index (χ0) is 23.6. The summed E-state index contributed by atoms with van der Waals surface area (Å²) >= 11 is 0. The number of sulfonamides is 2. The van der Waals surface area contributed by atoms with E-state index in [1.165, 1.54) is 10.4 Å². The Balaban J connectivity index is 1.54. The Morgan fingerprint density at radius 1 is 1.12 bits per heavy atom. The zero-order valence-electron chi connectivity index (χ0n) is 18.2. The third-order valence-electron chi connectivity index (χ3n) is 5.60. The van der Waals surface area contributed by atoms with Gasteiger partial charge in [0, 0.05) is 17.8 Å². The fourth-order valence-corrected chi connectivity index (χ4v) is 6.71. The number of anilines is 2. The molecule has 11 heteroatoms. The maximum Gasteiger partial charge on any atom is 0.263 e. The first-order chi connectivity index (χ1) is 15.7. The van der Waals surface area contributed by atoms with Gasteiger partial charge in [0.25, 0.3) is 10.0 Å². The van der Waals surface area contributed by atoms with Crippen molar-refractivity contribution in [3.63, 3.8) is 0 Å². The van der Waals surface area contributed by atoms with Gasteiger partial charge in [-0.2, -0.15) is 0 Å². The Morgan fingerprint density at radius 3 is 2.52 bits per heavy atom. The van der Waals surface area contributed by atoms with E-state index in [1.807, 2.05) is 6.92 Å². The minimum Gasteiger partial charge on any atom is -0.324 e. The van der Waals surface area contributed by atoms with Gasteiger partial charge in [0.05, 0.1) is 16.3 Å². The van der Waals surface area contributed by atoms with E-state index in [9.17, 15) is 21.6 Å². The lowest BCUT2D eigenvalue weighted by Gasteiger charge is -2.18. The van der Waals surface area contributed by atoms with E-state index in [0.29, 0.717) is 36.3 Å². The number of carbonyl (C=O) groups excluding carboxylic acids is 1. The second kappa shape index (κ2) is 9.14. The van der Waals surface area contributed by atoms with Crippen LogP contribution in [0.5, 0.6) is 0 Å². The van der Waals surface area contributed by atoms with Crippen LogP contribution in [-0.4, -0.2) is 46.9 Å². The van der Waals surface area contributed by atoms with Crippen molar-refractivity contribution in [2.24, 2.45) is 4.99 Å². The van der Waals surface area contributed by atoms with Crippen LogP contribution in [0.3, 0.4) is 0 Å². The van der Waals surface area contributed by atoms with Crippen LogP contribution in [0.25, 0.3) is 0 Å². The number of hydrogen-bond acceptors (Lipinski definition) is 6. The summed E-state index contributed by atoms with van der Waals surface area (Å²) in [4.78, 5) is 17.6. The maximum atomic E-state index is 13.0. The van der Waals surface area contributed by atoms with Crippen molar-refractivity contribution in [2.45, 2.75) is 43.5 Å². The number of amides is 1. The van der Waals surface area contributed by atoms with E-state index in [2.05, 4.69) is 15.0 Å². The quantitative estimate of drug-likeness (QED) is 0.617. The lowest BCUT2D eigenvalue weighted by atomic mass is 10.1. The molecule has 0 bridgehead atoms. The van der Waals surface area contributed by atoms with E-state index in [1.54, 1.807) is 42.5 Å². The van der Waals surface area contributed by atoms with E-state index < -0.39 is 26.1 Å². The van der Waals surface area contributed by atoms with E-state index in [-0.39, 0.29) is 22.4 Å². The predicted molar refractivity (Wildman–Crippen MR) is 127 cm³/mol. The highest BCUT2D eigenvalue weighted by Crippen LogP contribution is 2.26. The second-order valence-corrected chi connectivity index (χ2v) is 11.7. The van der Waals surface area contributed by atoms with Crippen molar-refractivity contribution < 1.29 is 21.6 Å². The molecule has 4 rings (SSSR count). The number of nitrogens with zero attached hydrogens (tertiary/aromatic N) is 2. The van der Waals surface area contributed by atoms with Gasteiger partial charge in [-0.1, -0.05) is 31.9 Å². The molecule has 1 fully saturated rings. The summed E-state index contributed by atoms with van der Waals surface area (Å²) in [6.45, 7) is 2.45. The summed E-state index contributed by atoms with van der Waals surface area (Å²) in [5.74, 6) is -0.0600. The molecule has 9 nitrogen and oxygen atoms in total. The molecule has 2 aromatic carbocycles. The van der Waals surface area contributed by atoms with Crippen LogP contribution in [-0.2, 0) is 24.8 Å². The molecular weight excluding hydrogens is 464 g/mol. The molecule has 0 aliphatic carbocycles. The normalized spacial score (nSPS) is 20.3. The summed E-state index contributed by atoms with van der Waals surface area (Å²) in [7, 11) is -6.97. The summed E-state index contributed by atoms with van der Waals surface area (Å²) in [6, 6.07) is 12.4. The van der Waals surface area contributed by atoms with Crippen molar-refractivity contribution in [1.82, 2.24) is 4.72 Å². The van der Waals surface area contributed by atoms with Gasteiger partial charge in [-0.15, -0.1) is 0 Å². The van der Waals surface area contributed by atoms with Gasteiger partial charge < -0.3 is 5.32 Å². The smallest absolute Gasteiger partial charge is 0.263 e. The van der Waals surface area contributed by atoms with Crippen molar-refractivity contribution in [3.8, 4) is 0 Å². The minimum atomic E-state index is -3.69. The molecule has 0 spiro atoms. The third-order valence-corrected chi connectivity index (χ3v) is 8.87. The van der Waals surface area contributed by atoms with Crippen molar-refractivity contribution in [1.29, 1.82) is 0 Å². The first-order valence-electron chi connectivity index (χ1n) is 10.8. The Hall–Kier alpha value is -2.92. The zero-order valence-corrected chi connectivity index (χ0v) is 19.8. The molecule has 1 saturated heterocycles. The largest absolute Gasteiger partial charge is 0.324 e. The number of unbranched alkanes of at least 4 members (excludes halogenated alkanes) is 1. The molecule has 0 saturated carbocycles. The Labute approximate surface area is 194 Å². The SMILES string of the molecule is CCCC[C@@H](N=C1NS(=O)(=O)c2ccccc21)C(=O)Nc1ccc(N2CCCS2(=O)=O)cc1. The monoisotopic (exact) mass is 490 g/mol. The molecule has 0 aromatic heterocycles. The highest BCUT2D eigenvalue weighted by Gasteiger charge is 2.32. The molecule has 2 N–H and O–H groups in total. The van der Waals surface area contributed by atoms with Gasteiger partial charge in [0.2, 0.25) is 15.9 Å². The Kier molecular flexibility index (Phi) is 6.44. The summed E-state index contributed by atoms with van der Waals surface area (Å²) < 4.78 is 52.8. The van der Waals surface area contributed by atoms with E-state index in [4.69, 9.17) is 0 Å². The number of carbonyl (C=O) groups is 1. The molecular formula is C22H26N4O5S2. The number of benzene rings is 2. The first kappa shape index (κ1) is 23.2. The molecule has 2 aliphatic rings. The molecule has 0 unspecified atom stereocenters. The maximum absolute atomic E-state index is 13.0. The van der Waals surface area contributed by atoms with Gasteiger partial charge >= 0.3 is 0 Å². The predicted octanol–water partition coefficient (Wildman–Crippen LogP) is 2.46. The number of hydrogen-bond donors (Lipinski definition) is 2. The van der Waals surface area contributed by atoms with Gasteiger partial charge in [0.1, 0.15) is 11.9 Å². The van der Waals surface area contributed by atoms with Crippen LogP contribution in [0.4, 0.5) is 11.4 Å². The number of nitrogens with one attached hydrogen (secondary N) is 2. The number of aliphatic imine (C=N–C) groups is 1. The molecule has 0 radical (unpaired) electrons. The average molecular weight is 491 g/mol. The fourth-order valence-electron chi connectivity index (χ4n) is 3.90. The van der Waals surface area contributed by atoms with Crippen LogP contribution in [0, 0.1) is 0 Å². The molecule has 1 amide bonds. The van der Waals surface area contributed by atoms with Crippen LogP contribution in [0.15, 0.2) is 58.4 Å². The Morgan fingerprint density at radius 2 is 1.85 bits per heavy atom. The van der Waals surface area contributed by atoms with Crippen LogP contribution < -0.4 is 14.3 Å². The van der Waals surface area contributed by atoms with Crippen molar-refractivity contribution in [2.75, 3.05) is 21.9 Å². The van der Waals surface area contributed by atoms with E-state index >= 15 is 0 Å². The number of rotatable bonds is 7. The molecule has 33 heavy (non-hydrogen) atoms. The number of fused-ring (bicyclic) bond motifs is 1. The summed E-state index contributed by atoms with van der Waals surface area (Å²) in [6.07, 6.45) is 2.65. The molecule has 2 heterocycles. The van der Waals surface area contributed by atoms with E-state index in [0.717, 1.165) is 12.8 Å². The first-order valence-corrected chi connectivity index (χ1v) is 13.9. The van der Waals surface area contributed by atoms with Crippen molar-refractivity contribution in [3.05, 3.63) is 54.1 Å². The van der Waals surface area contributed by atoms with Crippen LogP contribution in [0.2, 0.25) is 0 Å². The van der Waals surface area contributed by atoms with Crippen LogP contribution in [0.1, 0.15) is 38.2 Å². The van der Waals surface area contributed by atoms with Gasteiger partial charge in [-0.3, -0.25) is 18.8 Å². The second-order valence-electron chi connectivity index (χ2n) is 8.02. The van der Waals surface area contributed by atoms with Crippen LogP contribution >= 0.6 is 0 Å². The summed E-state index contributed by atoms with van der Waals surface area (Å²) in [5, 5.41) is 2.82. The average Bonchev–Trinajstić information content (AvgIpc) is 3.27. The number of amidine groups is 1. The van der Waals surface area contributed by atoms with Gasteiger partial charge in [0.15, 0.2) is 0 Å². The van der Waals surface area contributed by atoms with Gasteiger partial charge in [-0.25, -0.2) is 16.8 Å². The topological polar surface area (TPSA) is 125 Å². The lowest BCUT2D eigenvalue weighted by Crippen LogP contribution is -2.31. The third kappa shape index (κ3) is 4.88. The fraction of sp³-hybridized carbons (Fsp3) is 0.364. The molecule has 2 aromatic rings. The molecule has 176 valence electrons. The molecule has 1 atom stereocenters. The summed E-state index contributed by atoms with van der Waals surface area (Å²) in [5.41, 5.74) is 1.52. The molecule has 2 aliphatic heterocycles. The van der Waals surface area contributed by atoms with Gasteiger partial charge in [-0.05, 0) is 49.2 Å². The highest BCUT2D eigenvalue weighted by molar-refractivity contribution is 7.93.